The molecule has 82 valence electrons. The van der Waals surface area contributed by atoms with Crippen molar-refractivity contribution < 1.29 is 0 Å². The van der Waals surface area contributed by atoms with E-state index in [9.17, 15) is 9.59 Å². The summed E-state index contributed by atoms with van der Waals surface area (Å²) in [4.78, 5) is 23.3. The van der Waals surface area contributed by atoms with Gasteiger partial charge in [-0.15, -0.1) is 0 Å². The highest BCUT2D eigenvalue weighted by Gasteiger charge is 2.39. The molecule has 0 bridgehead atoms. The largest absolute Gasteiger partial charge is 0.309 e. The molecule has 1 aliphatic carbocycles. The summed E-state index contributed by atoms with van der Waals surface area (Å²) in [6.07, 6.45) is 5.31. The Labute approximate surface area is 90.7 Å². The standard InChI is InChI=1S/C11H11N3O2/c1-11(2-3-11)14-6-7-5-12-13-10(16)8(7)4-9(14)15/h4-6H,2-3H2,1H3,(H,13,16). The molecule has 0 saturated heterocycles. The Hall–Kier alpha value is -1.91. The Balaban J connectivity index is 2.39. The predicted octanol–water partition coefficient (Wildman–Crippen LogP) is 0.594. The highest BCUT2D eigenvalue weighted by Crippen LogP contribution is 2.41. The second kappa shape index (κ2) is 2.81. The van der Waals surface area contributed by atoms with Crippen molar-refractivity contribution in [2.24, 2.45) is 0 Å². The summed E-state index contributed by atoms with van der Waals surface area (Å²) in [6, 6.07) is 1.39. The van der Waals surface area contributed by atoms with Crippen LogP contribution in [0.1, 0.15) is 19.8 Å². The zero-order valence-corrected chi connectivity index (χ0v) is 8.86. The van der Waals surface area contributed by atoms with Crippen molar-refractivity contribution in [1.82, 2.24) is 14.8 Å². The Morgan fingerprint density at radius 3 is 2.88 bits per heavy atom. The average molecular weight is 217 g/mol. The first-order valence-corrected chi connectivity index (χ1v) is 5.21. The van der Waals surface area contributed by atoms with Gasteiger partial charge in [0.15, 0.2) is 0 Å². The third-order valence-electron chi connectivity index (χ3n) is 3.25. The lowest BCUT2D eigenvalue weighted by atomic mass is 10.2. The minimum absolute atomic E-state index is 0.0616. The molecule has 0 spiro atoms. The van der Waals surface area contributed by atoms with E-state index in [-0.39, 0.29) is 16.7 Å². The number of H-pyrrole nitrogens is 1. The number of nitrogens with one attached hydrogen (secondary N) is 1. The molecule has 2 heterocycles. The van der Waals surface area contributed by atoms with Crippen molar-refractivity contribution in [3.05, 3.63) is 39.2 Å². The molecule has 1 saturated carbocycles. The van der Waals surface area contributed by atoms with Gasteiger partial charge in [0.25, 0.3) is 11.1 Å². The normalized spacial score (nSPS) is 17.6. The molecule has 0 unspecified atom stereocenters. The zero-order valence-electron chi connectivity index (χ0n) is 8.86. The maximum Gasteiger partial charge on any atom is 0.272 e. The molecule has 5 nitrogen and oxygen atoms in total. The first-order chi connectivity index (χ1) is 7.60. The number of aromatic amines is 1. The second-order valence-electron chi connectivity index (χ2n) is 4.55. The van der Waals surface area contributed by atoms with Gasteiger partial charge in [-0.05, 0) is 19.8 Å². The summed E-state index contributed by atoms with van der Waals surface area (Å²) < 4.78 is 1.70. The Bertz CT molecular complexity index is 679. The molecule has 0 aromatic carbocycles. The van der Waals surface area contributed by atoms with Crippen LogP contribution in [-0.4, -0.2) is 14.8 Å². The minimum atomic E-state index is -0.317. The van der Waals surface area contributed by atoms with Crippen molar-refractivity contribution >= 4 is 10.8 Å². The maximum absolute atomic E-state index is 11.9. The number of aromatic nitrogens is 3. The van der Waals surface area contributed by atoms with Crippen LogP contribution in [0.15, 0.2) is 28.0 Å². The first-order valence-electron chi connectivity index (χ1n) is 5.21. The maximum atomic E-state index is 11.9. The van der Waals surface area contributed by atoms with Gasteiger partial charge in [-0.2, -0.15) is 5.10 Å². The molecule has 3 rings (SSSR count). The molecule has 0 radical (unpaired) electrons. The van der Waals surface area contributed by atoms with Gasteiger partial charge in [-0.25, -0.2) is 5.10 Å². The third-order valence-corrected chi connectivity index (χ3v) is 3.25. The Kier molecular flexibility index (Phi) is 1.64. The van der Waals surface area contributed by atoms with E-state index >= 15 is 0 Å². The molecule has 1 fully saturated rings. The second-order valence-corrected chi connectivity index (χ2v) is 4.55. The molecule has 1 N–H and O–H groups in total. The van der Waals surface area contributed by atoms with E-state index in [0.717, 1.165) is 12.8 Å². The van der Waals surface area contributed by atoms with Crippen molar-refractivity contribution in [3.63, 3.8) is 0 Å². The fourth-order valence-electron chi connectivity index (χ4n) is 1.91. The summed E-state index contributed by atoms with van der Waals surface area (Å²) in [5, 5.41) is 7.16. The van der Waals surface area contributed by atoms with E-state index in [4.69, 9.17) is 0 Å². The number of hydrogen-bond acceptors (Lipinski definition) is 3. The van der Waals surface area contributed by atoms with Crippen LogP contribution in [0.2, 0.25) is 0 Å². The van der Waals surface area contributed by atoms with Crippen LogP contribution in [0, 0.1) is 0 Å². The van der Waals surface area contributed by atoms with Gasteiger partial charge in [0, 0.05) is 23.2 Å². The van der Waals surface area contributed by atoms with Crippen LogP contribution in [0.25, 0.3) is 10.8 Å². The van der Waals surface area contributed by atoms with Gasteiger partial charge in [0.2, 0.25) is 0 Å². The quantitative estimate of drug-likeness (QED) is 0.760. The van der Waals surface area contributed by atoms with E-state index in [1.807, 2.05) is 6.92 Å². The van der Waals surface area contributed by atoms with Gasteiger partial charge in [0.05, 0.1) is 11.6 Å². The van der Waals surface area contributed by atoms with E-state index in [1.54, 1.807) is 17.0 Å². The van der Waals surface area contributed by atoms with Gasteiger partial charge < -0.3 is 4.57 Å². The Morgan fingerprint density at radius 2 is 2.19 bits per heavy atom. The summed E-state index contributed by atoms with van der Waals surface area (Å²) in [6.45, 7) is 2.04. The highest BCUT2D eigenvalue weighted by molar-refractivity contribution is 5.79. The van der Waals surface area contributed by atoms with Gasteiger partial charge >= 0.3 is 0 Å². The topological polar surface area (TPSA) is 67.8 Å². The lowest BCUT2D eigenvalue weighted by Gasteiger charge is -2.13. The molecule has 2 aromatic heterocycles. The van der Waals surface area contributed by atoms with Crippen molar-refractivity contribution in [1.29, 1.82) is 0 Å². The van der Waals surface area contributed by atoms with Crippen LogP contribution < -0.4 is 11.1 Å². The molecule has 5 heteroatoms. The van der Waals surface area contributed by atoms with Crippen LogP contribution in [0.3, 0.4) is 0 Å². The van der Waals surface area contributed by atoms with Crippen molar-refractivity contribution in [2.75, 3.05) is 0 Å². The Morgan fingerprint density at radius 1 is 1.44 bits per heavy atom. The smallest absolute Gasteiger partial charge is 0.272 e. The molecule has 1 aliphatic rings. The molecular weight excluding hydrogens is 206 g/mol. The van der Waals surface area contributed by atoms with Crippen LogP contribution in [0.4, 0.5) is 0 Å². The van der Waals surface area contributed by atoms with E-state index in [1.165, 1.54) is 6.07 Å². The molecule has 0 aliphatic heterocycles. The summed E-state index contributed by atoms with van der Waals surface area (Å²) in [7, 11) is 0. The van der Waals surface area contributed by atoms with Gasteiger partial charge in [0.1, 0.15) is 0 Å². The summed E-state index contributed by atoms with van der Waals surface area (Å²) >= 11 is 0. The van der Waals surface area contributed by atoms with Crippen molar-refractivity contribution in [3.8, 4) is 0 Å². The van der Waals surface area contributed by atoms with Crippen LogP contribution in [-0.2, 0) is 5.54 Å². The summed E-state index contributed by atoms with van der Waals surface area (Å²) in [5.74, 6) is 0. The number of pyridine rings is 1. The van der Waals surface area contributed by atoms with Crippen molar-refractivity contribution in [2.45, 2.75) is 25.3 Å². The van der Waals surface area contributed by atoms with Gasteiger partial charge in [-0.1, -0.05) is 0 Å². The third kappa shape index (κ3) is 1.21. The fourth-order valence-corrected chi connectivity index (χ4v) is 1.91. The lowest BCUT2D eigenvalue weighted by molar-refractivity contribution is 0.516. The van der Waals surface area contributed by atoms with E-state index in [2.05, 4.69) is 10.2 Å². The molecule has 16 heavy (non-hydrogen) atoms. The monoisotopic (exact) mass is 217 g/mol. The zero-order chi connectivity index (χ0) is 11.3. The van der Waals surface area contributed by atoms with E-state index in [0.29, 0.717) is 10.8 Å². The van der Waals surface area contributed by atoms with Crippen LogP contribution in [0.5, 0.6) is 0 Å². The molecular formula is C11H11N3O2. The average Bonchev–Trinajstić information content (AvgIpc) is 2.98. The first kappa shape index (κ1) is 9.33. The lowest BCUT2D eigenvalue weighted by Crippen LogP contribution is -2.28. The number of rotatable bonds is 1. The number of nitrogens with zero attached hydrogens (tertiary/aromatic N) is 2. The fraction of sp³-hybridized carbons (Fsp3) is 0.364. The van der Waals surface area contributed by atoms with Gasteiger partial charge in [-0.3, -0.25) is 9.59 Å². The molecule has 0 atom stereocenters. The van der Waals surface area contributed by atoms with E-state index < -0.39 is 0 Å². The van der Waals surface area contributed by atoms with Crippen LogP contribution >= 0.6 is 0 Å². The highest BCUT2D eigenvalue weighted by atomic mass is 16.1. The molecule has 0 amide bonds. The summed E-state index contributed by atoms with van der Waals surface area (Å²) in [5.41, 5.74) is -0.500. The predicted molar refractivity (Wildman–Crippen MR) is 59.5 cm³/mol. The minimum Gasteiger partial charge on any atom is -0.309 e. The number of fused-ring (bicyclic) bond motifs is 1. The SMILES string of the molecule is CC1(n2cc3cn[nH]c(=O)c3cc2=O)CC1. The molecule has 2 aromatic rings. The number of hydrogen-bond donors (Lipinski definition) is 1.